The molecule has 1 N–H and O–H groups in total. The molecule has 0 saturated carbocycles. The Labute approximate surface area is 108 Å². The van der Waals surface area contributed by atoms with Gasteiger partial charge in [-0.05, 0) is 30.7 Å². The van der Waals surface area contributed by atoms with Crippen LogP contribution < -0.4 is 5.32 Å². The number of methoxy groups -OCH3 is 1. The Kier molecular flexibility index (Phi) is 5.58. The smallest absolute Gasteiger partial charge is 0.251 e. The van der Waals surface area contributed by atoms with Crippen molar-refractivity contribution in [3.63, 3.8) is 0 Å². The maximum absolute atomic E-state index is 12.9. The number of aryl methyl sites for hydroxylation is 1. The number of carbonyl (C=O) groups is 1. The van der Waals surface area contributed by atoms with E-state index in [1.54, 1.807) is 14.0 Å². The molecule has 0 aromatic heterocycles. The zero-order chi connectivity index (χ0) is 12.8. The molecule has 1 aromatic carbocycles. The highest BCUT2D eigenvalue weighted by molar-refractivity contribution is 9.09. The SMILES string of the molecule is COCC(CBr)NC(=O)c1ccc(F)cc1C. The van der Waals surface area contributed by atoms with Gasteiger partial charge in [-0.3, -0.25) is 4.79 Å². The minimum Gasteiger partial charge on any atom is -0.383 e. The van der Waals surface area contributed by atoms with Crippen LogP contribution in [-0.2, 0) is 4.74 Å². The van der Waals surface area contributed by atoms with E-state index in [2.05, 4.69) is 21.2 Å². The van der Waals surface area contributed by atoms with E-state index in [1.165, 1.54) is 18.2 Å². The van der Waals surface area contributed by atoms with Crippen molar-refractivity contribution in [3.8, 4) is 0 Å². The van der Waals surface area contributed by atoms with Crippen LogP contribution in [0.4, 0.5) is 4.39 Å². The van der Waals surface area contributed by atoms with Gasteiger partial charge in [0.2, 0.25) is 0 Å². The van der Waals surface area contributed by atoms with Gasteiger partial charge in [-0.2, -0.15) is 0 Å². The number of carbonyl (C=O) groups excluding carboxylic acids is 1. The minimum atomic E-state index is -0.340. The van der Waals surface area contributed by atoms with Crippen LogP contribution in [0, 0.1) is 12.7 Å². The first-order valence-corrected chi connectivity index (χ1v) is 6.32. The first-order chi connectivity index (χ1) is 8.08. The summed E-state index contributed by atoms with van der Waals surface area (Å²) in [6, 6.07) is 4.00. The van der Waals surface area contributed by atoms with Crippen LogP contribution in [0.5, 0.6) is 0 Å². The molecule has 0 heterocycles. The van der Waals surface area contributed by atoms with Crippen molar-refractivity contribution in [1.82, 2.24) is 5.32 Å². The molecule has 17 heavy (non-hydrogen) atoms. The predicted octanol–water partition coefficient (Wildman–Crippen LogP) is 2.27. The van der Waals surface area contributed by atoms with E-state index >= 15 is 0 Å². The van der Waals surface area contributed by atoms with Gasteiger partial charge in [0.05, 0.1) is 12.6 Å². The third kappa shape index (κ3) is 4.09. The zero-order valence-electron chi connectivity index (χ0n) is 9.80. The van der Waals surface area contributed by atoms with E-state index in [9.17, 15) is 9.18 Å². The summed E-state index contributed by atoms with van der Waals surface area (Å²) < 4.78 is 17.9. The lowest BCUT2D eigenvalue weighted by atomic mass is 10.1. The zero-order valence-corrected chi connectivity index (χ0v) is 11.4. The Morgan fingerprint density at radius 2 is 2.29 bits per heavy atom. The Balaban J connectivity index is 2.75. The van der Waals surface area contributed by atoms with Gasteiger partial charge in [0, 0.05) is 18.0 Å². The molecular weight excluding hydrogens is 289 g/mol. The van der Waals surface area contributed by atoms with Crippen molar-refractivity contribution in [1.29, 1.82) is 0 Å². The molecule has 0 fully saturated rings. The molecule has 1 unspecified atom stereocenters. The maximum Gasteiger partial charge on any atom is 0.251 e. The topological polar surface area (TPSA) is 38.3 Å². The van der Waals surface area contributed by atoms with Crippen molar-refractivity contribution in [2.75, 3.05) is 19.0 Å². The van der Waals surface area contributed by atoms with Gasteiger partial charge >= 0.3 is 0 Å². The molecule has 0 saturated heterocycles. The van der Waals surface area contributed by atoms with Gasteiger partial charge in [0.25, 0.3) is 5.91 Å². The number of halogens is 2. The standard InChI is InChI=1S/C12H15BrFNO2/c1-8-5-9(14)3-4-11(8)12(16)15-10(6-13)7-17-2/h3-5,10H,6-7H2,1-2H3,(H,15,16). The van der Waals surface area contributed by atoms with Crippen molar-refractivity contribution in [2.45, 2.75) is 13.0 Å². The van der Waals surface area contributed by atoms with Gasteiger partial charge in [-0.15, -0.1) is 0 Å². The largest absolute Gasteiger partial charge is 0.383 e. The molecule has 0 aliphatic rings. The van der Waals surface area contributed by atoms with Crippen molar-refractivity contribution < 1.29 is 13.9 Å². The van der Waals surface area contributed by atoms with Crippen molar-refractivity contribution in [3.05, 3.63) is 35.1 Å². The second kappa shape index (κ2) is 6.71. The summed E-state index contributed by atoms with van der Waals surface area (Å²) in [7, 11) is 1.57. The summed E-state index contributed by atoms with van der Waals surface area (Å²) in [6.07, 6.45) is 0. The summed E-state index contributed by atoms with van der Waals surface area (Å²) in [5, 5.41) is 3.41. The normalized spacial score (nSPS) is 12.2. The quantitative estimate of drug-likeness (QED) is 0.848. The fourth-order valence-corrected chi connectivity index (χ4v) is 1.82. The number of amides is 1. The number of hydrogen-bond acceptors (Lipinski definition) is 2. The fraction of sp³-hybridized carbons (Fsp3) is 0.417. The van der Waals surface area contributed by atoms with Gasteiger partial charge in [0.1, 0.15) is 5.82 Å². The van der Waals surface area contributed by atoms with E-state index in [4.69, 9.17) is 4.74 Å². The van der Waals surface area contributed by atoms with Gasteiger partial charge in [0.15, 0.2) is 0 Å². The molecule has 1 rings (SSSR count). The molecule has 5 heteroatoms. The number of rotatable bonds is 5. The lowest BCUT2D eigenvalue weighted by Gasteiger charge is -2.16. The predicted molar refractivity (Wildman–Crippen MR) is 68.1 cm³/mol. The lowest BCUT2D eigenvalue weighted by molar-refractivity contribution is 0.0907. The Morgan fingerprint density at radius 3 is 2.82 bits per heavy atom. The molecule has 94 valence electrons. The second-order valence-corrected chi connectivity index (χ2v) is 4.39. The highest BCUT2D eigenvalue weighted by Gasteiger charge is 2.14. The molecule has 0 bridgehead atoms. The Bertz CT molecular complexity index is 398. The van der Waals surface area contributed by atoms with Crippen LogP contribution in [0.15, 0.2) is 18.2 Å². The van der Waals surface area contributed by atoms with Crippen molar-refractivity contribution >= 4 is 21.8 Å². The van der Waals surface area contributed by atoms with E-state index < -0.39 is 0 Å². The van der Waals surface area contributed by atoms with E-state index in [1.807, 2.05) is 0 Å². The maximum atomic E-state index is 12.9. The highest BCUT2D eigenvalue weighted by atomic mass is 79.9. The average molecular weight is 304 g/mol. The van der Waals surface area contributed by atoms with Crippen LogP contribution in [0.25, 0.3) is 0 Å². The average Bonchev–Trinajstić information content (AvgIpc) is 2.28. The van der Waals surface area contributed by atoms with Crippen LogP contribution >= 0.6 is 15.9 Å². The van der Waals surface area contributed by atoms with Crippen molar-refractivity contribution in [2.24, 2.45) is 0 Å². The molecule has 1 aromatic rings. The van der Waals surface area contributed by atoms with Gasteiger partial charge < -0.3 is 10.1 Å². The third-order valence-corrected chi connectivity index (χ3v) is 3.10. The summed E-state index contributed by atoms with van der Waals surface area (Å²) in [5.74, 6) is -0.558. The number of ether oxygens (including phenoxy) is 1. The van der Waals surface area contributed by atoms with E-state index in [-0.39, 0.29) is 17.8 Å². The lowest BCUT2D eigenvalue weighted by Crippen LogP contribution is -2.39. The van der Waals surface area contributed by atoms with Gasteiger partial charge in [-0.1, -0.05) is 15.9 Å². The van der Waals surface area contributed by atoms with Crippen LogP contribution in [0.2, 0.25) is 0 Å². The number of nitrogens with one attached hydrogen (secondary N) is 1. The molecule has 0 radical (unpaired) electrons. The first kappa shape index (κ1) is 14.1. The fourth-order valence-electron chi connectivity index (χ4n) is 1.47. The first-order valence-electron chi connectivity index (χ1n) is 5.20. The number of alkyl halides is 1. The third-order valence-electron chi connectivity index (χ3n) is 2.32. The summed E-state index contributed by atoms with van der Waals surface area (Å²) in [6.45, 7) is 2.13. The molecule has 0 aliphatic carbocycles. The molecular formula is C12H15BrFNO2. The minimum absolute atomic E-state index is 0.100. The molecule has 1 atom stereocenters. The van der Waals surface area contributed by atoms with Crippen LogP contribution in [0.3, 0.4) is 0 Å². The Hall–Kier alpha value is -0.940. The molecule has 1 amide bonds. The highest BCUT2D eigenvalue weighted by Crippen LogP contribution is 2.10. The van der Waals surface area contributed by atoms with E-state index in [0.717, 1.165) is 0 Å². The number of hydrogen-bond donors (Lipinski definition) is 1. The molecule has 3 nitrogen and oxygen atoms in total. The molecule has 0 spiro atoms. The monoisotopic (exact) mass is 303 g/mol. The molecule has 0 aliphatic heterocycles. The Morgan fingerprint density at radius 1 is 1.59 bits per heavy atom. The van der Waals surface area contributed by atoms with Crippen LogP contribution in [-0.4, -0.2) is 31.0 Å². The number of benzene rings is 1. The summed E-state index contributed by atoms with van der Waals surface area (Å²) in [4.78, 5) is 11.9. The second-order valence-electron chi connectivity index (χ2n) is 3.74. The van der Waals surface area contributed by atoms with E-state index in [0.29, 0.717) is 23.1 Å². The van der Waals surface area contributed by atoms with Crippen LogP contribution in [0.1, 0.15) is 15.9 Å². The summed E-state index contributed by atoms with van der Waals surface area (Å²) in [5.41, 5.74) is 1.10. The van der Waals surface area contributed by atoms with Gasteiger partial charge in [-0.25, -0.2) is 4.39 Å². The summed E-state index contributed by atoms with van der Waals surface area (Å²) >= 11 is 3.29.